The summed E-state index contributed by atoms with van der Waals surface area (Å²) in [5, 5.41) is 12.8. The van der Waals surface area contributed by atoms with E-state index in [4.69, 9.17) is 5.73 Å². The summed E-state index contributed by atoms with van der Waals surface area (Å²) in [6.07, 6.45) is 1.82. The zero-order valence-electron chi connectivity index (χ0n) is 13.0. The number of rotatable bonds is 4. The third-order valence-electron chi connectivity index (χ3n) is 3.93. The molecule has 0 saturated carbocycles. The molecule has 6 heteroatoms. The van der Waals surface area contributed by atoms with Crippen molar-refractivity contribution in [1.82, 2.24) is 14.4 Å². The topological polar surface area (TPSA) is 88.5 Å². The molecular weight excluding hydrogens is 302 g/mol. The molecule has 0 aliphatic heterocycles. The molecule has 4 rings (SSSR count). The first-order valence-corrected chi connectivity index (χ1v) is 7.77. The maximum absolute atomic E-state index is 9.53. The van der Waals surface area contributed by atoms with Crippen LogP contribution in [0.25, 0.3) is 27.9 Å². The van der Waals surface area contributed by atoms with Crippen LogP contribution in [0.2, 0.25) is 0 Å². The van der Waals surface area contributed by atoms with Gasteiger partial charge in [0.2, 0.25) is 0 Å². The van der Waals surface area contributed by atoms with Gasteiger partial charge >= 0.3 is 0 Å². The normalized spacial score (nSPS) is 11.2. The molecule has 4 N–H and O–H groups in total. The molecule has 4 aromatic rings. The van der Waals surface area contributed by atoms with Gasteiger partial charge in [-0.05, 0) is 36.4 Å². The molecule has 120 valence electrons. The maximum atomic E-state index is 9.53. The number of nitrogens with two attached hydrogens (primary N) is 1. The lowest BCUT2D eigenvalue weighted by molar-refractivity contribution is 0.475. The highest BCUT2D eigenvalue weighted by atomic mass is 16.3. The Morgan fingerprint density at radius 3 is 2.67 bits per heavy atom. The van der Waals surface area contributed by atoms with Crippen LogP contribution in [0.1, 0.15) is 0 Å². The largest absolute Gasteiger partial charge is 0.508 e. The minimum atomic E-state index is 0.240. The lowest BCUT2D eigenvalue weighted by atomic mass is 10.1. The zero-order chi connectivity index (χ0) is 16.5. The van der Waals surface area contributed by atoms with Crippen molar-refractivity contribution < 1.29 is 5.11 Å². The molecule has 0 atom stereocenters. The van der Waals surface area contributed by atoms with E-state index in [0.717, 1.165) is 27.9 Å². The van der Waals surface area contributed by atoms with E-state index in [-0.39, 0.29) is 5.75 Å². The highest BCUT2D eigenvalue weighted by Crippen LogP contribution is 2.29. The first-order valence-electron chi connectivity index (χ1n) is 7.77. The number of fused-ring (bicyclic) bond motifs is 3. The number of phenols is 1. The minimum Gasteiger partial charge on any atom is -0.508 e. The van der Waals surface area contributed by atoms with Crippen LogP contribution in [0.15, 0.2) is 54.7 Å². The summed E-state index contributed by atoms with van der Waals surface area (Å²) in [5.74, 6) is 0.952. The van der Waals surface area contributed by atoms with Gasteiger partial charge in [0.05, 0.1) is 22.9 Å². The molecule has 0 unspecified atom stereocenters. The van der Waals surface area contributed by atoms with Crippen molar-refractivity contribution in [3.8, 4) is 17.0 Å². The van der Waals surface area contributed by atoms with Crippen LogP contribution in [0.4, 0.5) is 5.82 Å². The molecule has 0 spiro atoms. The number of hydrogen-bond acceptors (Lipinski definition) is 5. The van der Waals surface area contributed by atoms with Gasteiger partial charge in [-0.25, -0.2) is 9.97 Å². The lowest BCUT2D eigenvalue weighted by Crippen LogP contribution is -2.15. The van der Waals surface area contributed by atoms with Gasteiger partial charge in [0.15, 0.2) is 11.5 Å². The maximum Gasteiger partial charge on any atom is 0.181 e. The minimum absolute atomic E-state index is 0.240. The molecule has 0 radical (unpaired) electrons. The van der Waals surface area contributed by atoms with E-state index in [2.05, 4.69) is 19.7 Å². The average molecular weight is 319 g/mol. The molecule has 6 nitrogen and oxygen atoms in total. The SMILES string of the molecule is NCCNc1nc2ccccc2n2c(-c3ccc(O)cc3)cnc12. The first-order chi connectivity index (χ1) is 11.8. The Balaban J connectivity index is 2.02. The average Bonchev–Trinajstić information content (AvgIpc) is 3.06. The third-order valence-corrected chi connectivity index (χ3v) is 3.93. The van der Waals surface area contributed by atoms with E-state index in [1.807, 2.05) is 42.6 Å². The van der Waals surface area contributed by atoms with E-state index in [0.29, 0.717) is 18.9 Å². The number of phenolic OH excluding ortho intramolecular Hbond substituents is 1. The van der Waals surface area contributed by atoms with Crippen LogP contribution in [0, 0.1) is 0 Å². The number of anilines is 1. The summed E-state index contributed by atoms with van der Waals surface area (Å²) < 4.78 is 2.08. The highest BCUT2D eigenvalue weighted by molar-refractivity contribution is 5.86. The highest BCUT2D eigenvalue weighted by Gasteiger charge is 2.14. The van der Waals surface area contributed by atoms with Crippen molar-refractivity contribution in [2.75, 3.05) is 18.4 Å². The third kappa shape index (κ3) is 2.33. The Labute approximate surface area is 138 Å². The number of hydrogen-bond donors (Lipinski definition) is 3. The molecule has 24 heavy (non-hydrogen) atoms. The van der Waals surface area contributed by atoms with Crippen molar-refractivity contribution >= 4 is 22.5 Å². The monoisotopic (exact) mass is 319 g/mol. The van der Waals surface area contributed by atoms with Crippen LogP contribution in [0.5, 0.6) is 5.75 Å². The predicted octanol–water partition coefficient (Wildman–Crippen LogP) is 2.63. The van der Waals surface area contributed by atoms with Gasteiger partial charge in [-0.1, -0.05) is 12.1 Å². The van der Waals surface area contributed by atoms with Gasteiger partial charge in [-0.15, -0.1) is 0 Å². The van der Waals surface area contributed by atoms with Crippen molar-refractivity contribution in [2.24, 2.45) is 5.73 Å². The summed E-state index contributed by atoms with van der Waals surface area (Å²) >= 11 is 0. The van der Waals surface area contributed by atoms with E-state index < -0.39 is 0 Å². The van der Waals surface area contributed by atoms with Gasteiger partial charge < -0.3 is 16.2 Å². The molecule has 2 aromatic heterocycles. The van der Waals surface area contributed by atoms with E-state index >= 15 is 0 Å². The van der Waals surface area contributed by atoms with Gasteiger partial charge in [-0.2, -0.15) is 0 Å². The lowest BCUT2D eigenvalue weighted by Gasteiger charge is -2.11. The van der Waals surface area contributed by atoms with Crippen LogP contribution in [-0.2, 0) is 0 Å². The quantitative estimate of drug-likeness (QED) is 0.538. The second-order valence-corrected chi connectivity index (χ2v) is 5.51. The Hall–Kier alpha value is -3.12. The first kappa shape index (κ1) is 14.5. The molecule has 0 bridgehead atoms. The van der Waals surface area contributed by atoms with Crippen molar-refractivity contribution in [3.63, 3.8) is 0 Å². The van der Waals surface area contributed by atoms with Gasteiger partial charge in [0, 0.05) is 18.7 Å². The van der Waals surface area contributed by atoms with E-state index in [9.17, 15) is 5.11 Å². The molecule has 2 heterocycles. The van der Waals surface area contributed by atoms with Crippen molar-refractivity contribution in [3.05, 3.63) is 54.7 Å². The number of benzene rings is 2. The fraction of sp³-hybridized carbons (Fsp3) is 0.111. The molecule has 2 aromatic carbocycles. The molecule has 0 fully saturated rings. The van der Waals surface area contributed by atoms with Crippen LogP contribution in [-0.4, -0.2) is 32.6 Å². The smallest absolute Gasteiger partial charge is 0.181 e. The standard InChI is InChI=1S/C18H17N5O/c19-9-10-20-17-18-21-11-16(12-5-7-13(24)8-6-12)23(18)15-4-2-1-3-14(15)22-17/h1-8,11,24H,9-10,19H2,(H,20,22). The number of nitrogens with zero attached hydrogens (tertiary/aromatic N) is 3. The van der Waals surface area contributed by atoms with E-state index in [1.165, 1.54) is 0 Å². The van der Waals surface area contributed by atoms with Crippen molar-refractivity contribution in [1.29, 1.82) is 0 Å². The number of para-hydroxylation sites is 2. The zero-order valence-corrected chi connectivity index (χ0v) is 13.0. The fourth-order valence-electron chi connectivity index (χ4n) is 2.83. The summed E-state index contributed by atoms with van der Waals surface area (Å²) in [7, 11) is 0. The second kappa shape index (κ2) is 5.82. The number of aromatic nitrogens is 3. The van der Waals surface area contributed by atoms with E-state index in [1.54, 1.807) is 12.1 Å². The molecule has 0 aliphatic rings. The number of aromatic hydroxyl groups is 1. The fourth-order valence-corrected chi connectivity index (χ4v) is 2.83. The summed E-state index contributed by atoms with van der Waals surface area (Å²) in [4.78, 5) is 9.23. The molecule has 0 amide bonds. The van der Waals surface area contributed by atoms with Gasteiger partial charge in [0.1, 0.15) is 5.75 Å². The molecule has 0 aliphatic carbocycles. The summed E-state index contributed by atoms with van der Waals surface area (Å²) in [6, 6.07) is 15.0. The van der Waals surface area contributed by atoms with Crippen LogP contribution < -0.4 is 11.1 Å². The Morgan fingerprint density at radius 2 is 1.88 bits per heavy atom. The van der Waals surface area contributed by atoms with Crippen molar-refractivity contribution in [2.45, 2.75) is 0 Å². The Morgan fingerprint density at radius 1 is 1.08 bits per heavy atom. The second-order valence-electron chi connectivity index (χ2n) is 5.51. The summed E-state index contributed by atoms with van der Waals surface area (Å²) in [5.41, 5.74) is 10.1. The summed E-state index contributed by atoms with van der Waals surface area (Å²) in [6.45, 7) is 1.15. The predicted molar refractivity (Wildman–Crippen MR) is 95.1 cm³/mol. The number of imidazole rings is 1. The molecular formula is C18H17N5O. The van der Waals surface area contributed by atoms with Gasteiger partial charge in [-0.3, -0.25) is 4.40 Å². The number of nitrogens with one attached hydrogen (secondary N) is 1. The molecule has 0 saturated heterocycles. The van der Waals surface area contributed by atoms with Gasteiger partial charge in [0.25, 0.3) is 0 Å². The Kier molecular flexibility index (Phi) is 3.51. The Bertz CT molecular complexity index is 1010. The van der Waals surface area contributed by atoms with Crippen LogP contribution >= 0.6 is 0 Å². The van der Waals surface area contributed by atoms with Crippen LogP contribution in [0.3, 0.4) is 0 Å².